The molecule has 0 atom stereocenters. The fourth-order valence-corrected chi connectivity index (χ4v) is 8.52. The first kappa shape index (κ1) is 56.9. The highest BCUT2D eigenvalue weighted by Gasteiger charge is 2.96. The largest absolute Gasteiger partial charge is 0.460 e. The van der Waals surface area contributed by atoms with Crippen LogP contribution in [-0.2, 0) is 30.3 Å². The molecule has 8 N–H and O–H groups in total. The Morgan fingerprint density at radius 3 is 1.53 bits per heavy atom. The number of hydrogen-bond acceptors (Lipinski definition) is 15. The van der Waals surface area contributed by atoms with Crippen LogP contribution in [0.15, 0.2) is 58.3 Å². The van der Waals surface area contributed by atoms with Crippen molar-refractivity contribution in [2.75, 3.05) is 34.8 Å². The highest BCUT2D eigenvalue weighted by atomic mass is 35.5. The van der Waals surface area contributed by atoms with Crippen molar-refractivity contribution >= 4 is 88.1 Å². The van der Waals surface area contributed by atoms with Crippen LogP contribution in [-0.4, -0.2) is 121 Å². The fourth-order valence-electron chi connectivity index (χ4n) is 6.07. The van der Waals surface area contributed by atoms with Crippen LogP contribution in [0.5, 0.6) is 0 Å². The Kier molecular flexibility index (Phi) is 14.2. The van der Waals surface area contributed by atoms with Crippen molar-refractivity contribution in [2.24, 2.45) is 0 Å². The lowest BCUT2D eigenvalue weighted by Gasteiger charge is -2.42. The molecule has 4 aromatic rings. The van der Waals surface area contributed by atoms with Crippen molar-refractivity contribution < 1.29 is 119 Å². The Balaban J connectivity index is 1.40. The molecule has 0 unspecified atom stereocenters. The maximum atomic E-state index is 14.5. The van der Waals surface area contributed by atoms with Crippen molar-refractivity contribution in [3.8, 4) is 0 Å². The fraction of sp³-hybridized carbons (Fsp3) is 0.303. The van der Waals surface area contributed by atoms with Gasteiger partial charge in [-0.25, -0.2) is 13.1 Å². The predicted molar refractivity (Wildman–Crippen MR) is 208 cm³/mol. The Morgan fingerprint density at radius 1 is 0.556 bits per heavy atom. The lowest BCUT2D eigenvalue weighted by Crippen LogP contribution is -2.75. The van der Waals surface area contributed by atoms with E-state index in [-0.39, 0.29) is 16.8 Å². The number of fused-ring (bicyclic) bond motifs is 2. The molecule has 0 amide bonds. The first-order valence-corrected chi connectivity index (χ1v) is 22.7. The summed E-state index contributed by atoms with van der Waals surface area (Å²) in [6, 6.07) is 7.98. The smallest absolute Gasteiger partial charge is 0.397 e. The first-order valence-electron chi connectivity index (χ1n) is 18.0. The number of nitrogen functional groups attached to an aromatic ring is 1. The molecule has 1 heterocycles. The molecule has 1 aliphatic rings. The molecule has 0 aliphatic heterocycles. The molecule has 72 heavy (non-hydrogen) atoms. The summed E-state index contributed by atoms with van der Waals surface area (Å²) in [6.07, 6.45) is -8.01. The molecular weight excluding hydrogens is 1120 g/mol. The number of nitrogens with two attached hydrogens (primary N) is 1. The van der Waals surface area contributed by atoms with Gasteiger partial charge < -0.3 is 21.7 Å². The highest BCUT2D eigenvalue weighted by molar-refractivity contribution is 7.90. The second kappa shape index (κ2) is 17.9. The van der Waals surface area contributed by atoms with Crippen molar-refractivity contribution in [1.82, 2.24) is 19.7 Å². The van der Waals surface area contributed by atoms with Gasteiger partial charge in [0.1, 0.15) is 9.79 Å². The molecule has 1 aromatic heterocycles. The Bertz CT molecular complexity index is 3240. The number of aromatic nitrogens is 3. The number of anilines is 6. The van der Waals surface area contributed by atoms with Crippen molar-refractivity contribution in [3.05, 3.63) is 76.1 Å². The number of halogens is 18. The zero-order valence-corrected chi connectivity index (χ0v) is 36.8. The van der Waals surface area contributed by atoms with Crippen LogP contribution >= 0.6 is 11.6 Å². The van der Waals surface area contributed by atoms with Crippen LogP contribution in [0.3, 0.4) is 0 Å². The van der Waals surface area contributed by atoms with Gasteiger partial charge in [0.05, 0.1) is 28.2 Å². The number of carbonyl (C=O) groups excluding carboxylic acids is 2. The number of rotatable bonds is 18. The van der Waals surface area contributed by atoms with Gasteiger partial charge in [0.2, 0.25) is 17.2 Å². The van der Waals surface area contributed by atoms with Gasteiger partial charge in [-0.3, -0.25) is 18.7 Å². The Labute approximate surface area is 393 Å². The summed E-state index contributed by atoms with van der Waals surface area (Å²) in [5, 5.41) is -2.28. The molecule has 0 fully saturated rings. The minimum Gasteiger partial charge on any atom is -0.397 e. The van der Waals surface area contributed by atoms with Gasteiger partial charge in [0.15, 0.2) is 11.6 Å². The molecule has 396 valence electrons. The summed E-state index contributed by atoms with van der Waals surface area (Å²) < 4.78 is 325. The van der Waals surface area contributed by atoms with Crippen LogP contribution in [0, 0.1) is 0 Å². The zero-order chi connectivity index (χ0) is 55.2. The third kappa shape index (κ3) is 9.23. The van der Waals surface area contributed by atoms with E-state index in [2.05, 4.69) is 25.6 Å². The van der Waals surface area contributed by atoms with Gasteiger partial charge in [-0.15, -0.1) is 0 Å². The van der Waals surface area contributed by atoms with Crippen molar-refractivity contribution in [3.63, 3.8) is 0 Å². The van der Waals surface area contributed by atoms with E-state index in [0.717, 1.165) is 12.1 Å². The van der Waals surface area contributed by atoms with Crippen molar-refractivity contribution in [1.29, 1.82) is 0 Å². The topological polar surface area (TPSA) is 290 Å². The van der Waals surface area contributed by atoms with E-state index >= 15 is 0 Å². The van der Waals surface area contributed by atoms with Crippen LogP contribution in [0.2, 0.25) is 5.28 Å². The lowest BCUT2D eigenvalue weighted by molar-refractivity contribution is -0.458. The van der Waals surface area contributed by atoms with Gasteiger partial charge in [-0.1, -0.05) is 24.3 Å². The van der Waals surface area contributed by atoms with E-state index in [4.69, 9.17) is 17.3 Å². The zero-order valence-electron chi connectivity index (χ0n) is 33.6. The number of ketones is 2. The molecule has 0 saturated carbocycles. The van der Waals surface area contributed by atoms with E-state index in [1.807, 2.05) is 5.32 Å². The molecule has 0 radical (unpaired) electrons. The van der Waals surface area contributed by atoms with Crippen LogP contribution in [0.25, 0.3) is 0 Å². The summed E-state index contributed by atoms with van der Waals surface area (Å²) in [6.45, 7) is -3.20. The molecule has 18 nitrogen and oxygen atoms in total. The third-order valence-electron chi connectivity index (χ3n) is 9.60. The number of nitrogens with one attached hydrogen (secondary N) is 4. The number of nitrogens with zero attached hydrogens (tertiary/aromatic N) is 3. The van der Waals surface area contributed by atoms with E-state index in [1.165, 1.54) is 24.3 Å². The third-order valence-corrected chi connectivity index (χ3v) is 13.1. The Hall–Kier alpha value is -5.96. The van der Waals surface area contributed by atoms with Gasteiger partial charge >= 0.3 is 47.0 Å². The maximum absolute atomic E-state index is 14.5. The molecule has 0 spiro atoms. The quantitative estimate of drug-likeness (QED) is 0.0198. The molecule has 1 aliphatic carbocycles. The van der Waals surface area contributed by atoms with Gasteiger partial charge in [-0.05, 0) is 35.9 Å². The average Bonchev–Trinajstić information content (AvgIpc) is 3.23. The predicted octanol–water partition coefficient (Wildman–Crippen LogP) is 7.16. The molecule has 39 heteroatoms. The van der Waals surface area contributed by atoms with E-state index in [1.54, 1.807) is 0 Å². The highest BCUT2D eigenvalue weighted by Crippen LogP contribution is 2.64. The second-order valence-electron chi connectivity index (χ2n) is 14.2. The van der Waals surface area contributed by atoms with Gasteiger partial charge in [-0.2, -0.15) is 106 Å². The summed E-state index contributed by atoms with van der Waals surface area (Å²) in [7, 11) is -18.3. The van der Waals surface area contributed by atoms with E-state index < -0.39 is 157 Å². The first-order chi connectivity index (χ1) is 32.3. The molecule has 0 saturated heterocycles. The van der Waals surface area contributed by atoms with Crippen molar-refractivity contribution in [2.45, 2.75) is 56.8 Å². The van der Waals surface area contributed by atoms with Crippen LogP contribution in [0.4, 0.5) is 109 Å². The van der Waals surface area contributed by atoms with E-state index in [9.17, 15) is 119 Å². The lowest BCUT2D eigenvalue weighted by atomic mass is 9.82. The summed E-state index contributed by atoms with van der Waals surface area (Å²) in [5.41, 5.74) is 1.62. The van der Waals surface area contributed by atoms with E-state index in [0.29, 0.717) is 16.9 Å². The average molecular weight is 1140 g/mol. The second-order valence-corrected chi connectivity index (χ2v) is 19.2. The SMILES string of the molecule is Nc1c(S(=O)(=O)O)cc(Nc2ccc(S(=O)(=O)O)c(Nc3nc(Cl)nc(NCCNS(=O)(=O)C(F)(F)C(F)(F)C(F)(F)C(F)(F)C(F)(F)C(F)(F)C(F)(F)C(F)(F)F)n3)c2)c2c1C(=O)c1ccccc1C2=O. The summed E-state index contributed by atoms with van der Waals surface area (Å²) in [5.74, 6) is -56.6. The Morgan fingerprint density at radius 2 is 1.03 bits per heavy atom. The number of sulfonamides is 1. The number of benzene rings is 3. The monoisotopic (exact) mass is 1140 g/mol. The molecule has 0 bridgehead atoms. The number of hydrogen-bond donors (Lipinski definition) is 7. The van der Waals surface area contributed by atoms with Crippen LogP contribution < -0.4 is 26.4 Å². The maximum Gasteiger partial charge on any atom is 0.460 e. The summed E-state index contributed by atoms with van der Waals surface area (Å²) >= 11 is 5.77. The number of carbonyl (C=O) groups is 2. The molecule has 3 aromatic carbocycles. The van der Waals surface area contributed by atoms with Gasteiger partial charge in [0.25, 0.3) is 30.3 Å². The standard InChI is InChI=1S/C33H20ClF17N8O10S3/c34-23-57-24(53-7-8-54-72(68,69)33(50,51)31(45,46)29(41,42)27(37,38)26(35,36)28(39,40)30(43,44)32(47,48)49)59-25(58-23)56-14-9-11(5-6-16(14)70(62,63)64)55-15-10-17(71(65,66)67)20(52)19-18(15)21(60)12-3-1-2-4-13(12)22(19)61/h1-6,9-10,54-55H,7-8,52H2,(H,62,63,64)(H,65,66,67)(H2,53,56,57,58,59). The van der Waals surface area contributed by atoms with Gasteiger partial charge in [0, 0.05) is 29.9 Å². The number of alkyl halides is 17. The minimum absolute atomic E-state index is 0.203. The minimum atomic E-state index is -9.05. The van der Waals surface area contributed by atoms with Crippen LogP contribution in [0.1, 0.15) is 31.8 Å². The normalized spacial score (nSPS) is 14.7. The summed E-state index contributed by atoms with van der Waals surface area (Å²) in [4.78, 5) is 35.5. The molecular formula is C33H20ClF17N8O10S3. The molecule has 5 rings (SSSR count).